The Balaban J connectivity index is 1.27. The molecule has 4 rings (SSSR count). The van der Waals surface area contributed by atoms with Crippen molar-refractivity contribution in [3.05, 3.63) is 79.3 Å². The number of nitrogens with one attached hydrogen (secondary N) is 1. The summed E-state index contributed by atoms with van der Waals surface area (Å²) >= 11 is 0. The Labute approximate surface area is 157 Å². The van der Waals surface area contributed by atoms with Gasteiger partial charge in [-0.2, -0.15) is 10.2 Å². The van der Waals surface area contributed by atoms with Gasteiger partial charge in [0, 0.05) is 31.6 Å². The molecule has 0 unspecified atom stereocenters. The maximum absolute atomic E-state index is 5.89. The minimum absolute atomic E-state index is 0.648. The van der Waals surface area contributed by atoms with Crippen molar-refractivity contribution in [3.63, 3.8) is 0 Å². The molecule has 0 aliphatic rings. The van der Waals surface area contributed by atoms with Gasteiger partial charge in [0.25, 0.3) is 0 Å². The van der Waals surface area contributed by atoms with Crippen molar-refractivity contribution in [1.29, 1.82) is 0 Å². The summed E-state index contributed by atoms with van der Waals surface area (Å²) in [6.45, 7) is 1.50. The van der Waals surface area contributed by atoms with Crippen LogP contribution in [0.5, 0.6) is 17.2 Å². The number of rotatable bonds is 8. The van der Waals surface area contributed by atoms with E-state index < -0.39 is 0 Å². The Morgan fingerprint density at radius 3 is 2.26 bits per heavy atom. The van der Waals surface area contributed by atoms with Gasteiger partial charge in [-0.3, -0.25) is 9.78 Å². The van der Waals surface area contributed by atoms with Crippen LogP contribution in [0.2, 0.25) is 0 Å². The van der Waals surface area contributed by atoms with E-state index >= 15 is 0 Å². The summed E-state index contributed by atoms with van der Waals surface area (Å²) in [5.41, 5.74) is 2.05. The largest absolute Gasteiger partial charge is 0.494 e. The van der Waals surface area contributed by atoms with E-state index in [1.54, 1.807) is 12.4 Å². The number of hydrogen-bond acceptors (Lipinski definition) is 4. The summed E-state index contributed by atoms with van der Waals surface area (Å²) in [6.07, 6.45) is 6.38. The normalized spacial score (nSPS) is 10.7. The van der Waals surface area contributed by atoms with Gasteiger partial charge in [-0.05, 0) is 66.2 Å². The average molecular weight is 360 g/mol. The number of aryl methyl sites for hydroxylation is 1. The number of hydrogen-bond donors (Lipinski definition) is 1. The molecule has 0 fully saturated rings. The first-order valence-electron chi connectivity index (χ1n) is 8.85. The van der Waals surface area contributed by atoms with Gasteiger partial charge in [-0.1, -0.05) is 0 Å². The molecule has 0 saturated carbocycles. The number of H-pyrrole nitrogens is 1. The van der Waals surface area contributed by atoms with E-state index in [0.717, 1.165) is 41.5 Å². The van der Waals surface area contributed by atoms with E-state index in [1.807, 2.05) is 71.5 Å². The first-order valence-corrected chi connectivity index (χ1v) is 8.85. The van der Waals surface area contributed by atoms with Gasteiger partial charge >= 0.3 is 0 Å². The molecule has 2 aromatic heterocycles. The summed E-state index contributed by atoms with van der Waals surface area (Å²) in [5, 5.41) is 11.1. The first kappa shape index (κ1) is 16.9. The Kier molecular flexibility index (Phi) is 5.15. The summed E-state index contributed by atoms with van der Waals surface area (Å²) in [6, 6.07) is 19.4. The number of ether oxygens (including phenoxy) is 2. The quantitative estimate of drug-likeness (QED) is 0.469. The Morgan fingerprint density at radius 2 is 1.59 bits per heavy atom. The van der Waals surface area contributed by atoms with Crippen molar-refractivity contribution in [1.82, 2.24) is 20.0 Å². The van der Waals surface area contributed by atoms with Crippen molar-refractivity contribution in [3.8, 4) is 28.5 Å². The lowest BCUT2D eigenvalue weighted by Crippen LogP contribution is -2.04. The van der Waals surface area contributed by atoms with Crippen LogP contribution in [0.15, 0.2) is 79.3 Å². The second kappa shape index (κ2) is 8.23. The topological polar surface area (TPSA) is 65.0 Å². The predicted octanol–water partition coefficient (Wildman–Crippen LogP) is 4.53. The molecule has 0 radical (unpaired) electrons. The van der Waals surface area contributed by atoms with Crippen molar-refractivity contribution in [2.45, 2.75) is 13.0 Å². The van der Waals surface area contributed by atoms with Gasteiger partial charge in [-0.15, -0.1) is 0 Å². The molecule has 6 heteroatoms. The predicted molar refractivity (Wildman–Crippen MR) is 103 cm³/mol. The lowest BCUT2D eigenvalue weighted by atomic mass is 10.1. The molecule has 0 bridgehead atoms. The SMILES string of the molecule is c1cnn(CCCOc2ccc(Oc3ccc(-c4ccn[nH]4)cc3)cc2)c1. The zero-order valence-electron chi connectivity index (χ0n) is 14.8. The summed E-state index contributed by atoms with van der Waals surface area (Å²) in [4.78, 5) is 0. The molecular weight excluding hydrogens is 340 g/mol. The lowest BCUT2D eigenvalue weighted by Gasteiger charge is -2.09. The lowest BCUT2D eigenvalue weighted by molar-refractivity contribution is 0.298. The fourth-order valence-electron chi connectivity index (χ4n) is 2.71. The summed E-state index contributed by atoms with van der Waals surface area (Å²) < 4.78 is 13.5. The first-order chi connectivity index (χ1) is 13.4. The maximum atomic E-state index is 5.89. The van der Waals surface area contributed by atoms with Gasteiger partial charge in [0.05, 0.1) is 12.3 Å². The van der Waals surface area contributed by atoms with Crippen LogP contribution in [-0.2, 0) is 6.54 Å². The summed E-state index contributed by atoms with van der Waals surface area (Å²) in [7, 11) is 0. The minimum atomic E-state index is 0.648. The molecule has 4 aromatic rings. The Bertz CT molecular complexity index is 931. The van der Waals surface area contributed by atoms with Crippen LogP contribution in [0.25, 0.3) is 11.3 Å². The molecule has 6 nitrogen and oxygen atoms in total. The van der Waals surface area contributed by atoms with E-state index in [-0.39, 0.29) is 0 Å². The molecule has 0 aliphatic carbocycles. The third-order valence-electron chi connectivity index (χ3n) is 4.08. The molecular formula is C21H20N4O2. The van der Waals surface area contributed by atoms with Crippen LogP contribution in [-0.4, -0.2) is 26.6 Å². The Hall–Kier alpha value is -3.54. The van der Waals surface area contributed by atoms with Gasteiger partial charge in [0.2, 0.25) is 0 Å². The fourth-order valence-corrected chi connectivity index (χ4v) is 2.71. The maximum Gasteiger partial charge on any atom is 0.127 e. The zero-order chi connectivity index (χ0) is 18.3. The Morgan fingerprint density at radius 1 is 0.852 bits per heavy atom. The average Bonchev–Trinajstić information content (AvgIpc) is 3.41. The molecule has 136 valence electrons. The molecule has 1 N–H and O–H groups in total. The number of benzene rings is 2. The number of nitrogens with zero attached hydrogens (tertiary/aromatic N) is 3. The van der Waals surface area contributed by atoms with Crippen LogP contribution < -0.4 is 9.47 Å². The molecule has 2 heterocycles. The van der Waals surface area contributed by atoms with E-state index in [1.165, 1.54) is 0 Å². The number of aromatic amines is 1. The standard InChI is InChI=1S/C21H20N4O2/c1-12-23-25(14-1)15-2-16-26-18-7-9-20(10-8-18)27-19-5-3-17(4-6-19)21-11-13-22-24-21/h1,3-14H,2,15-16H2,(H,22,24). The molecule has 0 spiro atoms. The van der Waals surface area contributed by atoms with Crippen LogP contribution in [0.1, 0.15) is 6.42 Å². The molecule has 0 saturated heterocycles. The highest BCUT2D eigenvalue weighted by Gasteiger charge is 2.02. The monoisotopic (exact) mass is 360 g/mol. The molecule has 2 aromatic carbocycles. The van der Waals surface area contributed by atoms with Crippen molar-refractivity contribution in [2.24, 2.45) is 0 Å². The highest BCUT2D eigenvalue weighted by atomic mass is 16.5. The van der Waals surface area contributed by atoms with Gasteiger partial charge in [-0.25, -0.2) is 0 Å². The van der Waals surface area contributed by atoms with E-state index in [0.29, 0.717) is 6.61 Å². The molecule has 0 amide bonds. The highest BCUT2D eigenvalue weighted by molar-refractivity contribution is 5.59. The fraction of sp³-hybridized carbons (Fsp3) is 0.143. The number of aromatic nitrogens is 4. The molecule has 0 atom stereocenters. The van der Waals surface area contributed by atoms with Crippen LogP contribution >= 0.6 is 0 Å². The van der Waals surface area contributed by atoms with Gasteiger partial charge < -0.3 is 9.47 Å². The third-order valence-corrected chi connectivity index (χ3v) is 4.08. The molecule has 27 heavy (non-hydrogen) atoms. The minimum Gasteiger partial charge on any atom is -0.494 e. The second-order valence-electron chi connectivity index (χ2n) is 6.04. The zero-order valence-corrected chi connectivity index (χ0v) is 14.8. The highest BCUT2D eigenvalue weighted by Crippen LogP contribution is 2.26. The van der Waals surface area contributed by atoms with Crippen LogP contribution in [0.4, 0.5) is 0 Å². The van der Waals surface area contributed by atoms with Crippen molar-refractivity contribution < 1.29 is 9.47 Å². The van der Waals surface area contributed by atoms with Gasteiger partial charge in [0.15, 0.2) is 0 Å². The van der Waals surface area contributed by atoms with Crippen LogP contribution in [0.3, 0.4) is 0 Å². The smallest absolute Gasteiger partial charge is 0.127 e. The van der Waals surface area contributed by atoms with E-state index in [9.17, 15) is 0 Å². The third kappa shape index (κ3) is 4.55. The molecule has 0 aliphatic heterocycles. The van der Waals surface area contributed by atoms with Crippen LogP contribution in [0, 0.1) is 0 Å². The van der Waals surface area contributed by atoms with Gasteiger partial charge in [0.1, 0.15) is 17.2 Å². The van der Waals surface area contributed by atoms with E-state index in [2.05, 4.69) is 15.3 Å². The van der Waals surface area contributed by atoms with E-state index in [4.69, 9.17) is 9.47 Å². The van der Waals surface area contributed by atoms with Crippen molar-refractivity contribution in [2.75, 3.05) is 6.61 Å². The second-order valence-corrected chi connectivity index (χ2v) is 6.04. The summed E-state index contributed by atoms with van der Waals surface area (Å²) in [5.74, 6) is 2.39. The van der Waals surface area contributed by atoms with Crippen molar-refractivity contribution >= 4 is 0 Å².